The van der Waals surface area contributed by atoms with Gasteiger partial charge in [-0.2, -0.15) is 0 Å². The minimum absolute atomic E-state index is 0.0900. The van der Waals surface area contributed by atoms with E-state index in [4.69, 9.17) is 9.47 Å². The number of anilines is 1. The lowest BCUT2D eigenvalue weighted by Crippen LogP contribution is -2.18. The molecular weight excluding hydrogens is 218 g/mol. The number of carbonyl (C=O) groups is 1. The lowest BCUT2D eigenvalue weighted by Gasteiger charge is -2.08. The Labute approximate surface area is 102 Å². The van der Waals surface area contributed by atoms with E-state index in [1.165, 1.54) is 0 Å². The van der Waals surface area contributed by atoms with E-state index in [2.05, 4.69) is 5.32 Å². The number of hydrogen-bond acceptors (Lipinski definition) is 3. The summed E-state index contributed by atoms with van der Waals surface area (Å²) in [6.07, 6.45) is 0.910. The van der Waals surface area contributed by atoms with Gasteiger partial charge < -0.3 is 14.8 Å². The summed E-state index contributed by atoms with van der Waals surface area (Å²) in [5, 5.41) is 2.76. The smallest absolute Gasteiger partial charge is 0.250 e. The topological polar surface area (TPSA) is 47.6 Å². The van der Waals surface area contributed by atoms with Gasteiger partial charge in [-0.05, 0) is 25.5 Å². The predicted octanol–water partition coefficient (Wildman–Crippen LogP) is 2.45. The Morgan fingerprint density at radius 1 is 1.35 bits per heavy atom. The first-order valence-corrected chi connectivity index (χ1v) is 5.86. The van der Waals surface area contributed by atoms with Gasteiger partial charge in [0, 0.05) is 18.4 Å². The van der Waals surface area contributed by atoms with Crippen LogP contribution < -0.4 is 10.1 Å². The molecule has 0 aliphatic rings. The molecule has 0 heterocycles. The SMILES string of the molecule is CCCOCC(=O)Nc1cccc(OCC)c1. The molecule has 0 spiro atoms. The zero-order valence-electron chi connectivity index (χ0n) is 10.4. The van der Waals surface area contributed by atoms with Crippen molar-refractivity contribution in [3.05, 3.63) is 24.3 Å². The number of nitrogens with one attached hydrogen (secondary N) is 1. The van der Waals surface area contributed by atoms with E-state index in [1.54, 1.807) is 6.07 Å². The Morgan fingerprint density at radius 3 is 2.88 bits per heavy atom. The molecule has 17 heavy (non-hydrogen) atoms. The third-order valence-electron chi connectivity index (χ3n) is 2.01. The van der Waals surface area contributed by atoms with Gasteiger partial charge >= 0.3 is 0 Å². The van der Waals surface area contributed by atoms with Crippen molar-refractivity contribution in [2.24, 2.45) is 0 Å². The van der Waals surface area contributed by atoms with E-state index in [9.17, 15) is 4.79 Å². The van der Waals surface area contributed by atoms with Crippen LogP contribution in [0.15, 0.2) is 24.3 Å². The van der Waals surface area contributed by atoms with Gasteiger partial charge in [-0.25, -0.2) is 0 Å². The largest absolute Gasteiger partial charge is 0.494 e. The molecule has 4 nitrogen and oxygen atoms in total. The van der Waals surface area contributed by atoms with E-state index < -0.39 is 0 Å². The molecule has 0 fully saturated rings. The van der Waals surface area contributed by atoms with Crippen LogP contribution in [0.4, 0.5) is 5.69 Å². The highest BCUT2D eigenvalue weighted by atomic mass is 16.5. The standard InChI is InChI=1S/C13H19NO3/c1-3-8-16-10-13(15)14-11-6-5-7-12(9-11)17-4-2/h5-7,9H,3-4,8,10H2,1-2H3,(H,14,15). The normalized spacial score (nSPS) is 10.0. The van der Waals surface area contributed by atoms with Gasteiger partial charge in [-0.3, -0.25) is 4.79 Å². The second-order valence-electron chi connectivity index (χ2n) is 3.56. The van der Waals surface area contributed by atoms with Crippen molar-refractivity contribution in [3.8, 4) is 5.75 Å². The van der Waals surface area contributed by atoms with Crippen molar-refractivity contribution < 1.29 is 14.3 Å². The molecule has 1 aromatic carbocycles. The molecule has 0 aliphatic carbocycles. The maximum Gasteiger partial charge on any atom is 0.250 e. The fourth-order valence-electron chi connectivity index (χ4n) is 1.34. The van der Waals surface area contributed by atoms with E-state index >= 15 is 0 Å². The van der Waals surface area contributed by atoms with Gasteiger partial charge in [0.25, 0.3) is 0 Å². The summed E-state index contributed by atoms with van der Waals surface area (Å²) in [4.78, 5) is 11.5. The Hall–Kier alpha value is -1.55. The highest BCUT2D eigenvalue weighted by Crippen LogP contribution is 2.17. The highest BCUT2D eigenvalue weighted by molar-refractivity contribution is 5.91. The van der Waals surface area contributed by atoms with Crippen LogP contribution in [-0.2, 0) is 9.53 Å². The van der Waals surface area contributed by atoms with Crippen LogP contribution in [0.1, 0.15) is 20.3 Å². The fourth-order valence-corrected chi connectivity index (χ4v) is 1.34. The average Bonchev–Trinajstić information content (AvgIpc) is 2.30. The number of rotatable bonds is 7. The van der Waals surface area contributed by atoms with E-state index in [-0.39, 0.29) is 12.5 Å². The summed E-state index contributed by atoms with van der Waals surface area (Å²) in [7, 11) is 0. The minimum Gasteiger partial charge on any atom is -0.494 e. The average molecular weight is 237 g/mol. The first-order chi connectivity index (χ1) is 8.26. The van der Waals surface area contributed by atoms with Gasteiger partial charge in [0.05, 0.1) is 6.61 Å². The Bertz CT molecular complexity index is 352. The first kappa shape index (κ1) is 13.5. The summed E-state index contributed by atoms with van der Waals surface area (Å²) >= 11 is 0. The summed E-state index contributed by atoms with van der Waals surface area (Å²) in [6, 6.07) is 7.31. The maximum atomic E-state index is 11.5. The number of benzene rings is 1. The Balaban J connectivity index is 2.44. The molecule has 1 amide bonds. The van der Waals surface area contributed by atoms with E-state index in [0.29, 0.717) is 13.2 Å². The number of hydrogen-bond donors (Lipinski definition) is 1. The third kappa shape index (κ3) is 5.36. The van der Waals surface area contributed by atoms with Crippen LogP contribution in [-0.4, -0.2) is 25.7 Å². The van der Waals surface area contributed by atoms with Crippen molar-refractivity contribution in [3.63, 3.8) is 0 Å². The van der Waals surface area contributed by atoms with Crippen molar-refractivity contribution in [2.45, 2.75) is 20.3 Å². The molecule has 1 rings (SSSR count). The molecule has 0 bridgehead atoms. The van der Waals surface area contributed by atoms with Crippen LogP contribution in [0.5, 0.6) is 5.75 Å². The molecule has 0 atom stereocenters. The number of carbonyl (C=O) groups excluding carboxylic acids is 1. The molecule has 4 heteroatoms. The van der Waals surface area contributed by atoms with Crippen LogP contribution in [0.25, 0.3) is 0 Å². The van der Waals surface area contributed by atoms with Crippen molar-refractivity contribution in [1.82, 2.24) is 0 Å². The van der Waals surface area contributed by atoms with Crippen molar-refractivity contribution in [2.75, 3.05) is 25.1 Å². The summed E-state index contributed by atoms with van der Waals surface area (Å²) in [5.41, 5.74) is 0.723. The van der Waals surface area contributed by atoms with Gasteiger partial charge in [-0.1, -0.05) is 13.0 Å². The lowest BCUT2D eigenvalue weighted by molar-refractivity contribution is -0.120. The monoisotopic (exact) mass is 237 g/mol. The quantitative estimate of drug-likeness (QED) is 0.741. The van der Waals surface area contributed by atoms with Gasteiger partial charge in [0.1, 0.15) is 12.4 Å². The molecule has 1 aromatic rings. The van der Waals surface area contributed by atoms with Gasteiger partial charge in [-0.15, -0.1) is 0 Å². The number of amides is 1. The fraction of sp³-hybridized carbons (Fsp3) is 0.462. The first-order valence-electron chi connectivity index (χ1n) is 5.86. The van der Waals surface area contributed by atoms with Gasteiger partial charge in [0.15, 0.2) is 0 Å². The van der Waals surface area contributed by atoms with E-state index in [0.717, 1.165) is 17.9 Å². The van der Waals surface area contributed by atoms with E-state index in [1.807, 2.05) is 32.0 Å². The second kappa shape index (κ2) is 7.68. The highest BCUT2D eigenvalue weighted by Gasteiger charge is 2.03. The lowest BCUT2D eigenvalue weighted by atomic mass is 10.3. The molecule has 0 unspecified atom stereocenters. The summed E-state index contributed by atoms with van der Waals surface area (Å²) < 4.78 is 10.5. The molecule has 94 valence electrons. The molecule has 0 radical (unpaired) electrons. The Kier molecular flexibility index (Phi) is 6.10. The van der Waals surface area contributed by atoms with Crippen LogP contribution in [0.3, 0.4) is 0 Å². The molecular formula is C13H19NO3. The maximum absolute atomic E-state index is 11.5. The predicted molar refractivity (Wildman–Crippen MR) is 67.4 cm³/mol. The third-order valence-corrected chi connectivity index (χ3v) is 2.01. The number of ether oxygens (including phenoxy) is 2. The van der Waals surface area contributed by atoms with Crippen molar-refractivity contribution in [1.29, 1.82) is 0 Å². The summed E-state index contributed by atoms with van der Waals surface area (Å²) in [5.74, 6) is 0.604. The zero-order chi connectivity index (χ0) is 12.5. The second-order valence-corrected chi connectivity index (χ2v) is 3.56. The molecule has 0 saturated carbocycles. The van der Waals surface area contributed by atoms with Crippen molar-refractivity contribution >= 4 is 11.6 Å². The summed E-state index contributed by atoms with van der Waals surface area (Å²) in [6.45, 7) is 5.23. The van der Waals surface area contributed by atoms with Crippen LogP contribution >= 0.6 is 0 Å². The Morgan fingerprint density at radius 2 is 2.18 bits per heavy atom. The van der Waals surface area contributed by atoms with Crippen LogP contribution in [0, 0.1) is 0 Å². The minimum atomic E-state index is -0.146. The molecule has 0 aromatic heterocycles. The molecule has 0 aliphatic heterocycles. The van der Waals surface area contributed by atoms with Crippen LogP contribution in [0.2, 0.25) is 0 Å². The zero-order valence-corrected chi connectivity index (χ0v) is 10.4. The van der Waals surface area contributed by atoms with Gasteiger partial charge in [0.2, 0.25) is 5.91 Å². The molecule has 1 N–H and O–H groups in total. The molecule has 0 saturated heterocycles.